The SMILES string of the molecule is COC(=O)CCCCC(=O)N[C@@H](C)C(=O)NC(C)C(=O)Nc1cc(CO)cc(CO)c1. The molecule has 0 radical (unpaired) electrons. The quantitative estimate of drug-likeness (QED) is 0.233. The van der Waals surface area contributed by atoms with Crippen molar-refractivity contribution in [2.45, 2.75) is 64.8 Å². The number of unbranched alkanes of at least 4 members (excludes halogenated alkanes) is 1. The molecule has 10 nitrogen and oxygen atoms in total. The molecular formula is C21H31N3O7. The number of carbonyl (C=O) groups excluding carboxylic acids is 4. The van der Waals surface area contributed by atoms with Crippen LogP contribution in [-0.2, 0) is 37.1 Å². The van der Waals surface area contributed by atoms with Crippen molar-refractivity contribution in [1.29, 1.82) is 0 Å². The lowest BCUT2D eigenvalue weighted by atomic mass is 10.1. The number of hydrogen-bond acceptors (Lipinski definition) is 7. The Morgan fingerprint density at radius 3 is 1.97 bits per heavy atom. The first-order valence-corrected chi connectivity index (χ1v) is 10.0. The Balaban J connectivity index is 2.48. The van der Waals surface area contributed by atoms with Crippen molar-refractivity contribution in [3.8, 4) is 0 Å². The summed E-state index contributed by atoms with van der Waals surface area (Å²) < 4.78 is 4.52. The highest BCUT2D eigenvalue weighted by molar-refractivity contribution is 5.98. The zero-order chi connectivity index (χ0) is 23.4. The highest BCUT2D eigenvalue weighted by Gasteiger charge is 2.21. The fourth-order valence-corrected chi connectivity index (χ4v) is 2.71. The summed E-state index contributed by atoms with van der Waals surface area (Å²) >= 11 is 0. The zero-order valence-electron chi connectivity index (χ0n) is 18.1. The third-order valence-electron chi connectivity index (χ3n) is 4.47. The van der Waals surface area contributed by atoms with Crippen molar-refractivity contribution in [1.82, 2.24) is 10.6 Å². The molecule has 31 heavy (non-hydrogen) atoms. The number of carbonyl (C=O) groups is 4. The van der Waals surface area contributed by atoms with E-state index in [-0.39, 0.29) is 37.9 Å². The topological polar surface area (TPSA) is 154 Å². The largest absolute Gasteiger partial charge is 0.469 e. The number of ether oxygens (including phenoxy) is 1. The molecule has 0 saturated carbocycles. The Morgan fingerprint density at radius 1 is 0.871 bits per heavy atom. The van der Waals surface area contributed by atoms with Crippen molar-refractivity contribution >= 4 is 29.4 Å². The molecular weight excluding hydrogens is 406 g/mol. The molecule has 0 aliphatic heterocycles. The number of aliphatic hydroxyl groups excluding tert-OH is 2. The Kier molecular flexibility index (Phi) is 11.2. The number of amides is 3. The van der Waals surface area contributed by atoms with Gasteiger partial charge in [0.2, 0.25) is 17.7 Å². The first-order chi connectivity index (χ1) is 14.7. The van der Waals surface area contributed by atoms with Gasteiger partial charge in [-0.15, -0.1) is 0 Å². The van der Waals surface area contributed by atoms with Gasteiger partial charge in [-0.05, 0) is 49.9 Å². The second-order valence-electron chi connectivity index (χ2n) is 7.15. The van der Waals surface area contributed by atoms with Gasteiger partial charge in [0, 0.05) is 18.5 Å². The number of nitrogens with one attached hydrogen (secondary N) is 3. The smallest absolute Gasteiger partial charge is 0.305 e. The summed E-state index contributed by atoms with van der Waals surface area (Å²) in [6, 6.07) is 3.01. The minimum Gasteiger partial charge on any atom is -0.469 e. The number of rotatable bonds is 12. The molecule has 1 unspecified atom stereocenters. The monoisotopic (exact) mass is 437 g/mol. The van der Waals surface area contributed by atoms with Crippen LogP contribution in [0.5, 0.6) is 0 Å². The standard InChI is InChI=1S/C21H31N3O7/c1-13(22-18(27)6-4-5-7-19(28)31-3)20(29)23-14(2)21(30)24-17-9-15(11-25)8-16(10-17)12-26/h8-10,13-14,25-26H,4-7,11-12H2,1-3H3,(H,22,27)(H,23,29)(H,24,30)/t13-,14?/m0/s1. The maximum absolute atomic E-state index is 12.4. The third-order valence-corrected chi connectivity index (χ3v) is 4.47. The Labute approximate surface area is 181 Å². The number of aliphatic hydroxyl groups is 2. The highest BCUT2D eigenvalue weighted by atomic mass is 16.5. The molecule has 0 spiro atoms. The molecule has 0 aromatic heterocycles. The predicted molar refractivity (Wildman–Crippen MR) is 113 cm³/mol. The maximum Gasteiger partial charge on any atom is 0.305 e. The minimum absolute atomic E-state index is 0.166. The fraction of sp³-hybridized carbons (Fsp3) is 0.524. The van der Waals surface area contributed by atoms with Crippen molar-refractivity contribution in [3.05, 3.63) is 29.3 Å². The molecule has 1 aromatic carbocycles. The average molecular weight is 437 g/mol. The van der Waals surface area contributed by atoms with Crippen LogP contribution in [0.25, 0.3) is 0 Å². The van der Waals surface area contributed by atoms with Crippen LogP contribution in [0.4, 0.5) is 5.69 Å². The summed E-state index contributed by atoms with van der Waals surface area (Å²) in [5, 5.41) is 26.3. The second-order valence-corrected chi connectivity index (χ2v) is 7.15. The van der Waals surface area contributed by atoms with Crippen LogP contribution in [0.3, 0.4) is 0 Å². The van der Waals surface area contributed by atoms with E-state index in [1.165, 1.54) is 21.0 Å². The summed E-state index contributed by atoms with van der Waals surface area (Å²) in [5.41, 5.74) is 1.44. The zero-order valence-corrected chi connectivity index (χ0v) is 18.1. The lowest BCUT2D eigenvalue weighted by Crippen LogP contribution is -2.50. The molecule has 3 amide bonds. The number of esters is 1. The van der Waals surface area contributed by atoms with Crippen LogP contribution in [0, 0.1) is 0 Å². The van der Waals surface area contributed by atoms with Gasteiger partial charge in [0.25, 0.3) is 0 Å². The number of anilines is 1. The molecule has 1 rings (SSSR count). The molecule has 172 valence electrons. The third kappa shape index (κ3) is 9.58. The summed E-state index contributed by atoms with van der Waals surface area (Å²) in [4.78, 5) is 47.6. The molecule has 1 aromatic rings. The summed E-state index contributed by atoms with van der Waals surface area (Å²) in [5.74, 6) is -1.68. The Hall–Kier alpha value is -2.98. The normalized spacial score (nSPS) is 12.4. The highest BCUT2D eigenvalue weighted by Crippen LogP contribution is 2.16. The molecule has 5 N–H and O–H groups in total. The van der Waals surface area contributed by atoms with E-state index in [1.54, 1.807) is 18.2 Å². The van der Waals surface area contributed by atoms with Crippen LogP contribution in [0.1, 0.15) is 50.7 Å². The molecule has 10 heteroatoms. The van der Waals surface area contributed by atoms with Gasteiger partial charge in [0.1, 0.15) is 12.1 Å². The number of benzene rings is 1. The molecule has 0 fully saturated rings. The average Bonchev–Trinajstić information content (AvgIpc) is 2.75. The van der Waals surface area contributed by atoms with Gasteiger partial charge < -0.3 is 30.9 Å². The van der Waals surface area contributed by atoms with E-state index in [4.69, 9.17) is 0 Å². The first kappa shape index (κ1) is 26.1. The second kappa shape index (κ2) is 13.3. The molecule has 0 aliphatic carbocycles. The van der Waals surface area contributed by atoms with Gasteiger partial charge in [0.15, 0.2) is 0 Å². The van der Waals surface area contributed by atoms with E-state index in [0.29, 0.717) is 29.7 Å². The summed E-state index contributed by atoms with van der Waals surface area (Å²) in [6.07, 6.45) is 1.39. The number of methoxy groups -OCH3 is 1. The molecule has 0 saturated heterocycles. The van der Waals surface area contributed by atoms with Gasteiger partial charge in [0.05, 0.1) is 20.3 Å². The first-order valence-electron chi connectivity index (χ1n) is 10.0. The predicted octanol–water partition coefficient (Wildman–Crippen LogP) is 0.353. The molecule has 0 bridgehead atoms. The fourth-order valence-electron chi connectivity index (χ4n) is 2.71. The van der Waals surface area contributed by atoms with Crippen molar-refractivity contribution in [2.24, 2.45) is 0 Å². The summed E-state index contributed by atoms with van der Waals surface area (Å²) in [6.45, 7) is 2.51. The van der Waals surface area contributed by atoms with Gasteiger partial charge in [-0.1, -0.05) is 6.07 Å². The van der Waals surface area contributed by atoms with E-state index in [1.807, 2.05) is 0 Å². The van der Waals surface area contributed by atoms with E-state index in [2.05, 4.69) is 20.7 Å². The maximum atomic E-state index is 12.4. The van der Waals surface area contributed by atoms with E-state index >= 15 is 0 Å². The summed E-state index contributed by atoms with van der Waals surface area (Å²) in [7, 11) is 1.30. The lowest BCUT2D eigenvalue weighted by molar-refractivity contribution is -0.140. The number of hydrogen-bond donors (Lipinski definition) is 5. The van der Waals surface area contributed by atoms with E-state index < -0.39 is 23.9 Å². The molecule has 2 atom stereocenters. The van der Waals surface area contributed by atoms with Gasteiger partial charge in [-0.3, -0.25) is 19.2 Å². The van der Waals surface area contributed by atoms with Crippen molar-refractivity contribution in [3.63, 3.8) is 0 Å². The molecule has 0 aliphatic rings. The van der Waals surface area contributed by atoms with Gasteiger partial charge in [-0.2, -0.15) is 0 Å². The lowest BCUT2D eigenvalue weighted by Gasteiger charge is -2.19. The van der Waals surface area contributed by atoms with Crippen LogP contribution in [0.2, 0.25) is 0 Å². The van der Waals surface area contributed by atoms with Crippen LogP contribution in [-0.4, -0.2) is 53.1 Å². The van der Waals surface area contributed by atoms with Crippen molar-refractivity contribution < 1.29 is 34.1 Å². The van der Waals surface area contributed by atoms with Crippen molar-refractivity contribution in [2.75, 3.05) is 12.4 Å². The van der Waals surface area contributed by atoms with Crippen LogP contribution < -0.4 is 16.0 Å². The Morgan fingerprint density at radius 2 is 1.42 bits per heavy atom. The van der Waals surface area contributed by atoms with Crippen LogP contribution in [0.15, 0.2) is 18.2 Å². The molecule has 0 heterocycles. The van der Waals surface area contributed by atoms with Gasteiger partial charge in [-0.25, -0.2) is 0 Å². The van der Waals surface area contributed by atoms with E-state index in [0.717, 1.165) is 0 Å². The Bertz CT molecular complexity index is 760. The van der Waals surface area contributed by atoms with Gasteiger partial charge >= 0.3 is 5.97 Å². The van der Waals surface area contributed by atoms with E-state index in [9.17, 15) is 29.4 Å². The minimum atomic E-state index is -0.887. The van der Waals surface area contributed by atoms with Crippen LogP contribution >= 0.6 is 0 Å².